The largest absolute Gasteiger partial charge is 0.507 e. The van der Waals surface area contributed by atoms with Crippen LogP contribution in [0.5, 0.6) is 0 Å². The van der Waals surface area contributed by atoms with Crippen molar-refractivity contribution in [1.82, 2.24) is 4.90 Å². The molecule has 0 spiro atoms. The molecule has 0 bridgehead atoms. The van der Waals surface area contributed by atoms with Crippen molar-refractivity contribution in [3.05, 3.63) is 61.3 Å². The fraction of sp³-hybridized carbons (Fsp3) is 0.333. The van der Waals surface area contributed by atoms with E-state index in [9.17, 15) is 14.7 Å². The van der Waals surface area contributed by atoms with Gasteiger partial charge < -0.3 is 10.0 Å². The average molecular weight is 436 g/mol. The van der Waals surface area contributed by atoms with E-state index in [1.807, 2.05) is 18.4 Å². The van der Waals surface area contributed by atoms with Crippen LogP contribution in [0.1, 0.15) is 47.7 Å². The zero-order chi connectivity index (χ0) is 20.0. The van der Waals surface area contributed by atoms with Crippen LogP contribution in [-0.4, -0.2) is 27.7 Å². The quantitative estimate of drug-likeness (QED) is 0.380. The molecule has 1 N–H and O–H groups in total. The highest BCUT2D eigenvalue weighted by molar-refractivity contribution is 7.10. The molecule has 4 rings (SSSR count). The maximum Gasteiger partial charge on any atom is 0.295 e. The fourth-order valence-corrected chi connectivity index (χ4v) is 5.46. The molecule has 2 aromatic rings. The summed E-state index contributed by atoms with van der Waals surface area (Å²) >= 11 is 13.6. The Kier molecular flexibility index (Phi) is 5.25. The molecule has 146 valence electrons. The first-order valence-corrected chi connectivity index (χ1v) is 10.8. The zero-order valence-electron chi connectivity index (χ0n) is 15.2. The van der Waals surface area contributed by atoms with Gasteiger partial charge in [0.1, 0.15) is 11.8 Å². The zero-order valence-corrected chi connectivity index (χ0v) is 17.6. The van der Waals surface area contributed by atoms with Crippen LogP contribution in [0.4, 0.5) is 0 Å². The highest BCUT2D eigenvalue weighted by Gasteiger charge is 2.50. The molecular weight excluding hydrogens is 417 g/mol. The number of rotatable bonds is 3. The molecule has 1 aliphatic heterocycles. The molecule has 1 unspecified atom stereocenters. The van der Waals surface area contributed by atoms with Crippen molar-refractivity contribution in [3.63, 3.8) is 0 Å². The lowest BCUT2D eigenvalue weighted by molar-refractivity contribution is -0.141. The first-order valence-electron chi connectivity index (χ1n) is 9.19. The highest BCUT2D eigenvalue weighted by atomic mass is 35.5. The first-order chi connectivity index (χ1) is 13.4. The summed E-state index contributed by atoms with van der Waals surface area (Å²) < 4.78 is 0. The number of hydrogen-bond acceptors (Lipinski definition) is 4. The van der Waals surface area contributed by atoms with E-state index in [1.54, 1.807) is 17.0 Å². The Balaban J connectivity index is 1.90. The van der Waals surface area contributed by atoms with Gasteiger partial charge in [-0.05, 0) is 55.0 Å². The number of aryl methyl sites for hydroxylation is 1. The summed E-state index contributed by atoms with van der Waals surface area (Å²) in [6, 6.07) is 6.09. The number of hydrogen-bond donors (Lipinski definition) is 1. The molecule has 28 heavy (non-hydrogen) atoms. The van der Waals surface area contributed by atoms with E-state index in [-0.39, 0.29) is 22.4 Å². The molecule has 1 saturated carbocycles. The van der Waals surface area contributed by atoms with E-state index in [0.29, 0.717) is 10.6 Å². The van der Waals surface area contributed by atoms with Crippen LogP contribution in [0.25, 0.3) is 5.76 Å². The summed E-state index contributed by atoms with van der Waals surface area (Å²) in [6.45, 7) is 1.96. The number of carbonyl (C=O) groups is 2. The van der Waals surface area contributed by atoms with E-state index in [0.717, 1.165) is 36.1 Å². The average Bonchev–Trinajstić information content (AvgIpc) is 3.38. The van der Waals surface area contributed by atoms with Gasteiger partial charge in [0.15, 0.2) is 0 Å². The molecule has 4 nitrogen and oxygen atoms in total. The van der Waals surface area contributed by atoms with Crippen LogP contribution in [0.15, 0.2) is 35.2 Å². The Bertz CT molecular complexity index is 991. The van der Waals surface area contributed by atoms with Crippen molar-refractivity contribution in [3.8, 4) is 0 Å². The molecule has 1 amide bonds. The number of aliphatic hydroxyl groups excluding tert-OH is 1. The van der Waals surface area contributed by atoms with Gasteiger partial charge in [0.25, 0.3) is 11.7 Å². The van der Waals surface area contributed by atoms with Gasteiger partial charge in [0.05, 0.1) is 15.6 Å². The van der Waals surface area contributed by atoms with E-state index < -0.39 is 17.7 Å². The molecule has 1 atom stereocenters. The van der Waals surface area contributed by atoms with Crippen molar-refractivity contribution in [1.29, 1.82) is 0 Å². The molecule has 2 aliphatic rings. The lowest BCUT2D eigenvalue weighted by Gasteiger charge is -2.30. The van der Waals surface area contributed by atoms with Gasteiger partial charge in [-0.25, -0.2) is 0 Å². The minimum absolute atomic E-state index is 0.0158. The van der Waals surface area contributed by atoms with Gasteiger partial charge in [-0.1, -0.05) is 36.0 Å². The van der Waals surface area contributed by atoms with E-state index >= 15 is 0 Å². The number of thiophene rings is 1. The van der Waals surface area contributed by atoms with Gasteiger partial charge in [0, 0.05) is 16.5 Å². The van der Waals surface area contributed by atoms with Gasteiger partial charge in [-0.15, -0.1) is 11.3 Å². The molecule has 2 fully saturated rings. The van der Waals surface area contributed by atoms with E-state index in [4.69, 9.17) is 23.2 Å². The Morgan fingerprint density at radius 3 is 2.46 bits per heavy atom. The second-order valence-electron chi connectivity index (χ2n) is 7.24. The van der Waals surface area contributed by atoms with Crippen molar-refractivity contribution in [2.75, 3.05) is 0 Å². The highest BCUT2D eigenvalue weighted by Crippen LogP contribution is 2.46. The fourth-order valence-electron chi connectivity index (χ4n) is 4.13. The number of Topliss-reactive ketones (excluding diaryl/α,β-unsaturated/α-hetero) is 1. The minimum atomic E-state index is -0.645. The Hall–Kier alpha value is -1.82. The summed E-state index contributed by atoms with van der Waals surface area (Å²) in [5.41, 5.74) is 1.50. The second-order valence-corrected chi connectivity index (χ2v) is 9.00. The number of benzene rings is 1. The maximum atomic E-state index is 13.0. The smallest absolute Gasteiger partial charge is 0.295 e. The number of amides is 1. The Morgan fingerprint density at radius 2 is 1.86 bits per heavy atom. The predicted molar refractivity (Wildman–Crippen MR) is 112 cm³/mol. The molecular formula is C21H19Cl2NO3S. The van der Waals surface area contributed by atoms with Crippen molar-refractivity contribution >= 4 is 52.0 Å². The van der Waals surface area contributed by atoms with Crippen LogP contribution >= 0.6 is 34.5 Å². The summed E-state index contributed by atoms with van der Waals surface area (Å²) in [5, 5.41) is 13.6. The standard InChI is InChI=1S/C21H19Cl2NO3S/c1-11-8-9-28-20(11)17-16(18(25)12-6-7-14(22)15(23)10-12)19(26)21(27)24(17)13-4-2-3-5-13/h6-10,13,17,25H,2-5H2,1H3/b18-16-. The van der Waals surface area contributed by atoms with Gasteiger partial charge in [-0.3, -0.25) is 9.59 Å². The molecule has 1 aliphatic carbocycles. The van der Waals surface area contributed by atoms with Crippen LogP contribution in [0.2, 0.25) is 10.0 Å². The lowest BCUT2D eigenvalue weighted by Crippen LogP contribution is -2.37. The molecule has 1 aromatic heterocycles. The number of halogens is 2. The molecule has 1 aromatic carbocycles. The summed E-state index contributed by atoms with van der Waals surface area (Å²) in [6.07, 6.45) is 3.83. The Labute approximate surface area is 177 Å². The third kappa shape index (κ3) is 3.15. The number of ketones is 1. The molecule has 0 radical (unpaired) electrons. The number of nitrogens with zero attached hydrogens (tertiary/aromatic N) is 1. The van der Waals surface area contributed by atoms with Gasteiger partial charge >= 0.3 is 0 Å². The number of likely N-dealkylation sites (tertiary alicyclic amines) is 1. The van der Waals surface area contributed by atoms with Crippen LogP contribution in [0.3, 0.4) is 0 Å². The number of aliphatic hydroxyl groups is 1. The minimum Gasteiger partial charge on any atom is -0.507 e. The monoisotopic (exact) mass is 435 g/mol. The van der Waals surface area contributed by atoms with Crippen molar-refractivity contribution < 1.29 is 14.7 Å². The molecule has 1 saturated heterocycles. The second kappa shape index (κ2) is 7.54. The molecule has 2 heterocycles. The summed E-state index contributed by atoms with van der Waals surface area (Å²) in [4.78, 5) is 28.6. The van der Waals surface area contributed by atoms with E-state index in [2.05, 4.69) is 0 Å². The van der Waals surface area contributed by atoms with Crippen molar-refractivity contribution in [2.24, 2.45) is 0 Å². The Morgan fingerprint density at radius 1 is 1.14 bits per heavy atom. The predicted octanol–water partition coefficient (Wildman–Crippen LogP) is 5.73. The summed E-state index contributed by atoms with van der Waals surface area (Å²) in [5.74, 6) is -1.39. The van der Waals surface area contributed by atoms with Crippen LogP contribution in [-0.2, 0) is 9.59 Å². The third-order valence-electron chi connectivity index (χ3n) is 5.54. The van der Waals surface area contributed by atoms with E-state index in [1.165, 1.54) is 17.4 Å². The number of carbonyl (C=O) groups excluding carboxylic acids is 2. The van der Waals surface area contributed by atoms with Gasteiger partial charge in [-0.2, -0.15) is 0 Å². The SMILES string of the molecule is Cc1ccsc1C1/C(=C(/O)c2ccc(Cl)c(Cl)c2)C(=O)C(=O)N1C1CCCC1. The topological polar surface area (TPSA) is 57.6 Å². The van der Waals surface area contributed by atoms with Gasteiger partial charge in [0.2, 0.25) is 0 Å². The molecule has 7 heteroatoms. The van der Waals surface area contributed by atoms with Crippen LogP contribution < -0.4 is 0 Å². The first kappa shape index (κ1) is 19.5. The van der Waals surface area contributed by atoms with Crippen LogP contribution in [0, 0.1) is 6.92 Å². The van der Waals surface area contributed by atoms with Crippen molar-refractivity contribution in [2.45, 2.75) is 44.7 Å². The summed E-state index contributed by atoms with van der Waals surface area (Å²) in [7, 11) is 0. The lowest BCUT2D eigenvalue weighted by atomic mass is 9.98. The maximum absolute atomic E-state index is 13.0. The normalized spacial score (nSPS) is 22.4. The third-order valence-corrected chi connectivity index (χ3v) is 7.35.